The number of carbonyl (C=O) groups excluding carboxylic acids is 1. The number of nitrogens with zero attached hydrogens (tertiary/aromatic N) is 1. The summed E-state index contributed by atoms with van der Waals surface area (Å²) in [6.07, 6.45) is 1.21. The van der Waals surface area contributed by atoms with E-state index in [1.807, 2.05) is 6.92 Å². The Hall–Kier alpha value is -1.08. The standard InChI is InChI=1S/C10H18N2O2/c1-3-14-10(13)5-4-6-12-8-9(2)7-11/h9,12H,3-6,8H2,1-2H3. The Morgan fingerprint density at radius 3 is 2.93 bits per heavy atom. The zero-order valence-electron chi connectivity index (χ0n) is 8.88. The van der Waals surface area contributed by atoms with Crippen molar-refractivity contribution >= 4 is 5.97 Å². The molecule has 0 fully saturated rings. The molecule has 14 heavy (non-hydrogen) atoms. The van der Waals surface area contributed by atoms with Gasteiger partial charge in [0.25, 0.3) is 0 Å². The van der Waals surface area contributed by atoms with E-state index < -0.39 is 0 Å². The second-order valence-electron chi connectivity index (χ2n) is 3.14. The van der Waals surface area contributed by atoms with Gasteiger partial charge in [-0.15, -0.1) is 0 Å². The van der Waals surface area contributed by atoms with Crippen LogP contribution in [0.25, 0.3) is 0 Å². The van der Waals surface area contributed by atoms with Crippen molar-refractivity contribution in [3.63, 3.8) is 0 Å². The molecule has 1 unspecified atom stereocenters. The van der Waals surface area contributed by atoms with E-state index in [0.717, 1.165) is 13.0 Å². The van der Waals surface area contributed by atoms with Gasteiger partial charge in [-0.25, -0.2) is 0 Å². The molecule has 0 saturated heterocycles. The Morgan fingerprint density at radius 1 is 1.64 bits per heavy atom. The highest BCUT2D eigenvalue weighted by molar-refractivity contribution is 5.69. The molecule has 0 aromatic heterocycles. The molecule has 4 heteroatoms. The zero-order chi connectivity index (χ0) is 10.8. The highest BCUT2D eigenvalue weighted by Crippen LogP contribution is 1.92. The lowest BCUT2D eigenvalue weighted by molar-refractivity contribution is -0.143. The first-order chi connectivity index (χ1) is 6.70. The van der Waals surface area contributed by atoms with Gasteiger partial charge < -0.3 is 10.1 Å². The first-order valence-corrected chi connectivity index (χ1v) is 4.96. The predicted molar refractivity (Wildman–Crippen MR) is 53.5 cm³/mol. The van der Waals surface area contributed by atoms with Crippen LogP contribution in [0.3, 0.4) is 0 Å². The Kier molecular flexibility index (Phi) is 7.86. The molecule has 0 aliphatic carbocycles. The molecular formula is C10H18N2O2. The Morgan fingerprint density at radius 2 is 2.36 bits per heavy atom. The molecule has 0 amide bonds. The molecule has 0 radical (unpaired) electrons. The minimum atomic E-state index is -0.150. The monoisotopic (exact) mass is 198 g/mol. The third-order valence-corrected chi connectivity index (χ3v) is 1.71. The van der Waals surface area contributed by atoms with Gasteiger partial charge in [-0.2, -0.15) is 5.26 Å². The molecule has 0 aliphatic rings. The summed E-state index contributed by atoms with van der Waals surface area (Å²) in [4.78, 5) is 10.9. The van der Waals surface area contributed by atoms with Gasteiger partial charge in [-0.3, -0.25) is 4.79 Å². The van der Waals surface area contributed by atoms with Crippen molar-refractivity contribution in [3.8, 4) is 6.07 Å². The van der Waals surface area contributed by atoms with E-state index in [2.05, 4.69) is 11.4 Å². The molecule has 1 atom stereocenters. The fourth-order valence-electron chi connectivity index (χ4n) is 0.955. The van der Waals surface area contributed by atoms with Crippen LogP contribution in [0.4, 0.5) is 0 Å². The van der Waals surface area contributed by atoms with Gasteiger partial charge in [0.1, 0.15) is 0 Å². The van der Waals surface area contributed by atoms with Crippen molar-refractivity contribution in [2.24, 2.45) is 5.92 Å². The highest BCUT2D eigenvalue weighted by Gasteiger charge is 2.01. The van der Waals surface area contributed by atoms with Crippen LogP contribution in [0.1, 0.15) is 26.7 Å². The zero-order valence-corrected chi connectivity index (χ0v) is 8.88. The van der Waals surface area contributed by atoms with Crippen LogP contribution in [-0.4, -0.2) is 25.7 Å². The van der Waals surface area contributed by atoms with Crippen molar-refractivity contribution in [2.75, 3.05) is 19.7 Å². The lowest BCUT2D eigenvalue weighted by Crippen LogP contribution is -2.22. The second-order valence-corrected chi connectivity index (χ2v) is 3.14. The molecule has 80 valence electrons. The van der Waals surface area contributed by atoms with Gasteiger partial charge in [0.05, 0.1) is 18.6 Å². The summed E-state index contributed by atoms with van der Waals surface area (Å²) in [5, 5.41) is 11.6. The number of nitrogens with one attached hydrogen (secondary N) is 1. The first kappa shape index (κ1) is 12.9. The molecule has 0 saturated carbocycles. The molecule has 0 aromatic rings. The molecule has 4 nitrogen and oxygen atoms in total. The third kappa shape index (κ3) is 7.56. The first-order valence-electron chi connectivity index (χ1n) is 4.96. The molecule has 0 bridgehead atoms. The van der Waals surface area contributed by atoms with Crippen molar-refractivity contribution in [1.82, 2.24) is 5.32 Å². The summed E-state index contributed by atoms with van der Waals surface area (Å²) in [6, 6.07) is 2.13. The summed E-state index contributed by atoms with van der Waals surface area (Å²) in [7, 11) is 0. The van der Waals surface area contributed by atoms with Crippen molar-refractivity contribution in [2.45, 2.75) is 26.7 Å². The van der Waals surface area contributed by atoms with E-state index in [1.54, 1.807) is 6.92 Å². The van der Waals surface area contributed by atoms with Gasteiger partial charge in [0, 0.05) is 13.0 Å². The smallest absolute Gasteiger partial charge is 0.305 e. The third-order valence-electron chi connectivity index (χ3n) is 1.71. The molecule has 0 rings (SSSR count). The molecule has 1 N–H and O–H groups in total. The average molecular weight is 198 g/mol. The van der Waals surface area contributed by atoms with E-state index >= 15 is 0 Å². The van der Waals surface area contributed by atoms with E-state index in [4.69, 9.17) is 10.00 Å². The lowest BCUT2D eigenvalue weighted by Gasteiger charge is -2.05. The number of hydrogen-bond acceptors (Lipinski definition) is 4. The van der Waals surface area contributed by atoms with Crippen LogP contribution in [0.5, 0.6) is 0 Å². The van der Waals surface area contributed by atoms with Crippen LogP contribution in [0.15, 0.2) is 0 Å². The average Bonchev–Trinajstić information content (AvgIpc) is 2.17. The van der Waals surface area contributed by atoms with Crippen LogP contribution in [-0.2, 0) is 9.53 Å². The number of rotatable bonds is 7. The fourth-order valence-corrected chi connectivity index (χ4v) is 0.955. The number of carbonyl (C=O) groups is 1. The molecular weight excluding hydrogens is 180 g/mol. The lowest BCUT2D eigenvalue weighted by atomic mass is 10.2. The van der Waals surface area contributed by atoms with Gasteiger partial charge in [0.2, 0.25) is 0 Å². The number of esters is 1. The van der Waals surface area contributed by atoms with Crippen molar-refractivity contribution in [1.29, 1.82) is 5.26 Å². The molecule has 0 aromatic carbocycles. The normalized spacial score (nSPS) is 11.8. The Labute approximate surface area is 85.2 Å². The van der Waals surface area contributed by atoms with Crippen LogP contribution >= 0.6 is 0 Å². The summed E-state index contributed by atoms with van der Waals surface area (Å²) < 4.78 is 4.77. The largest absolute Gasteiger partial charge is 0.466 e. The van der Waals surface area contributed by atoms with E-state index in [1.165, 1.54) is 0 Å². The minimum Gasteiger partial charge on any atom is -0.466 e. The number of hydrogen-bond donors (Lipinski definition) is 1. The maximum atomic E-state index is 10.9. The quantitative estimate of drug-likeness (QED) is 0.491. The summed E-state index contributed by atoms with van der Waals surface area (Å²) in [5.74, 6) is -0.125. The van der Waals surface area contributed by atoms with E-state index in [0.29, 0.717) is 19.6 Å². The summed E-state index contributed by atoms with van der Waals surface area (Å²) in [6.45, 7) is 5.53. The maximum Gasteiger partial charge on any atom is 0.305 e. The summed E-state index contributed by atoms with van der Waals surface area (Å²) in [5.41, 5.74) is 0. The van der Waals surface area contributed by atoms with Crippen molar-refractivity contribution < 1.29 is 9.53 Å². The molecule has 0 spiro atoms. The van der Waals surface area contributed by atoms with Gasteiger partial charge >= 0.3 is 5.97 Å². The Balaban J connectivity index is 3.22. The van der Waals surface area contributed by atoms with Crippen LogP contribution in [0.2, 0.25) is 0 Å². The van der Waals surface area contributed by atoms with Crippen LogP contribution < -0.4 is 5.32 Å². The van der Waals surface area contributed by atoms with Gasteiger partial charge in [0.15, 0.2) is 0 Å². The number of ether oxygens (including phenoxy) is 1. The van der Waals surface area contributed by atoms with E-state index in [9.17, 15) is 4.79 Å². The van der Waals surface area contributed by atoms with Gasteiger partial charge in [-0.05, 0) is 26.8 Å². The minimum absolute atomic E-state index is 0.0255. The topological polar surface area (TPSA) is 62.1 Å². The van der Waals surface area contributed by atoms with Crippen LogP contribution in [0, 0.1) is 17.2 Å². The Bertz CT molecular complexity index is 199. The number of nitriles is 1. The molecule has 0 aliphatic heterocycles. The molecule has 0 heterocycles. The fraction of sp³-hybridized carbons (Fsp3) is 0.800. The van der Waals surface area contributed by atoms with E-state index in [-0.39, 0.29) is 11.9 Å². The highest BCUT2D eigenvalue weighted by atomic mass is 16.5. The predicted octanol–water partition coefficient (Wildman–Crippen LogP) is 1.08. The summed E-state index contributed by atoms with van der Waals surface area (Å²) >= 11 is 0. The maximum absolute atomic E-state index is 10.9. The SMILES string of the molecule is CCOC(=O)CCCNCC(C)C#N. The second kappa shape index (κ2) is 8.52. The van der Waals surface area contributed by atoms with Crippen molar-refractivity contribution in [3.05, 3.63) is 0 Å². The van der Waals surface area contributed by atoms with Gasteiger partial charge in [-0.1, -0.05) is 0 Å².